The largest absolute Gasteiger partial charge is 0.309 e. The number of hydrogen-bond acceptors (Lipinski definition) is 6. The third-order valence-electron chi connectivity index (χ3n) is 11.1. The van der Waals surface area contributed by atoms with Gasteiger partial charge in [0.1, 0.15) is 0 Å². The van der Waals surface area contributed by atoms with Gasteiger partial charge in [-0.1, -0.05) is 60.7 Å². The Morgan fingerprint density at radius 3 is 1.45 bits per heavy atom. The number of nitrogens with zero attached hydrogens (tertiary/aromatic N) is 8. The van der Waals surface area contributed by atoms with Gasteiger partial charge in [0.15, 0.2) is 0 Å². The number of fused-ring (bicyclic) bond motifs is 6. The van der Waals surface area contributed by atoms with Crippen LogP contribution in [0.15, 0.2) is 158 Å². The molecule has 0 spiro atoms. The fourth-order valence-electron chi connectivity index (χ4n) is 8.45. The summed E-state index contributed by atoms with van der Waals surface area (Å²) in [5.41, 5.74) is 12.5. The van der Waals surface area contributed by atoms with E-state index in [4.69, 9.17) is 4.98 Å². The Morgan fingerprint density at radius 1 is 0.383 bits per heavy atom. The molecule has 0 saturated carbocycles. The highest BCUT2D eigenvalue weighted by molar-refractivity contribution is 6.12. The summed E-state index contributed by atoms with van der Waals surface area (Å²) in [7, 11) is 0. The molecule has 7 aromatic carbocycles. The zero-order valence-electron chi connectivity index (χ0n) is 31.6. The van der Waals surface area contributed by atoms with Gasteiger partial charge in [-0.25, -0.2) is 0 Å². The number of benzene rings is 7. The topological polar surface area (TPSA) is 142 Å². The molecule has 10 aromatic rings. The lowest BCUT2D eigenvalue weighted by Gasteiger charge is -2.16. The fourth-order valence-corrected chi connectivity index (χ4v) is 8.45. The first-order valence-corrected chi connectivity index (χ1v) is 19.0. The van der Waals surface area contributed by atoms with E-state index in [1.165, 1.54) is 0 Å². The van der Waals surface area contributed by atoms with Crippen LogP contribution in [-0.4, -0.2) is 14.1 Å². The minimum atomic E-state index is 0.431. The standard InChI is InChI=1S/C52H26N8/c53-27-32-9-14-40(37(21-32)30-56)35-12-17-50-44(24-35)42-5-1-3-7-48(42)59(50)39-19-20-58-47(26-39)46-23-34(29-55)11-16-52(46)60-49-8-4-2-6-43(49)45-25-36(13-18-51(45)60)41-15-10-33(28-54)22-38(41)31-57/h1-26H. The molecule has 0 N–H and O–H groups in total. The SMILES string of the molecule is N#Cc1ccc(-c2ccc3c(c2)c2ccccc2n3-c2ccnc(-c3cc(C#N)ccc3-n3c4ccccc4c4cc(-c5ccc(C#N)cc5C#N)ccc43)c2)c(C#N)c1. The minimum absolute atomic E-state index is 0.431. The number of hydrogen-bond donors (Lipinski definition) is 0. The molecule has 0 aliphatic carbocycles. The van der Waals surface area contributed by atoms with Crippen LogP contribution in [0, 0.1) is 56.7 Å². The molecule has 0 radical (unpaired) electrons. The maximum atomic E-state index is 10.1. The summed E-state index contributed by atoms with van der Waals surface area (Å²) in [4.78, 5) is 4.92. The lowest BCUT2D eigenvalue weighted by atomic mass is 9.97. The smallest absolute Gasteiger partial charge is 0.0998 e. The molecule has 3 aromatic heterocycles. The third-order valence-corrected chi connectivity index (χ3v) is 11.1. The minimum Gasteiger partial charge on any atom is -0.309 e. The molecule has 10 rings (SSSR count). The highest BCUT2D eigenvalue weighted by atomic mass is 15.0. The van der Waals surface area contributed by atoms with Crippen LogP contribution < -0.4 is 0 Å². The van der Waals surface area contributed by atoms with Crippen LogP contribution in [0.1, 0.15) is 27.8 Å². The van der Waals surface area contributed by atoms with Crippen molar-refractivity contribution >= 4 is 43.6 Å². The normalized spacial score (nSPS) is 10.9. The average Bonchev–Trinajstić information content (AvgIpc) is 3.83. The molecule has 0 aliphatic rings. The second-order valence-corrected chi connectivity index (χ2v) is 14.4. The van der Waals surface area contributed by atoms with E-state index in [2.05, 4.69) is 94.1 Å². The Kier molecular flexibility index (Phi) is 8.23. The number of rotatable bonds is 5. The number of nitriles is 5. The van der Waals surface area contributed by atoms with Gasteiger partial charge >= 0.3 is 0 Å². The molecule has 0 saturated heterocycles. The van der Waals surface area contributed by atoms with Crippen LogP contribution >= 0.6 is 0 Å². The van der Waals surface area contributed by atoms with Gasteiger partial charge < -0.3 is 9.13 Å². The van der Waals surface area contributed by atoms with E-state index >= 15 is 0 Å². The van der Waals surface area contributed by atoms with Crippen molar-refractivity contribution in [1.82, 2.24) is 14.1 Å². The van der Waals surface area contributed by atoms with Crippen LogP contribution in [0.25, 0.3) is 88.5 Å². The molecule has 0 unspecified atom stereocenters. The Labute approximate surface area is 343 Å². The monoisotopic (exact) mass is 762 g/mol. The van der Waals surface area contributed by atoms with Crippen molar-refractivity contribution in [3.8, 4) is 75.2 Å². The number of para-hydroxylation sites is 2. The zero-order chi connectivity index (χ0) is 40.9. The van der Waals surface area contributed by atoms with Crippen molar-refractivity contribution in [2.45, 2.75) is 0 Å². The Morgan fingerprint density at radius 2 is 0.883 bits per heavy atom. The summed E-state index contributed by atoms with van der Waals surface area (Å²) in [5.74, 6) is 0. The van der Waals surface area contributed by atoms with Gasteiger partial charge in [-0.05, 0) is 113 Å². The number of pyridine rings is 1. The molecular weight excluding hydrogens is 737 g/mol. The van der Waals surface area contributed by atoms with Crippen LogP contribution in [0.3, 0.4) is 0 Å². The summed E-state index contributed by atoms with van der Waals surface area (Å²) in [6, 6.07) is 59.9. The summed E-state index contributed by atoms with van der Waals surface area (Å²) in [6.45, 7) is 0. The van der Waals surface area contributed by atoms with Crippen molar-refractivity contribution in [3.05, 3.63) is 186 Å². The summed E-state index contributed by atoms with van der Waals surface area (Å²) in [6.07, 6.45) is 1.79. The Bertz CT molecular complexity index is 3680. The van der Waals surface area contributed by atoms with E-state index < -0.39 is 0 Å². The van der Waals surface area contributed by atoms with Crippen molar-refractivity contribution in [3.63, 3.8) is 0 Å². The van der Waals surface area contributed by atoms with Gasteiger partial charge in [0.25, 0.3) is 0 Å². The molecule has 0 bridgehead atoms. The van der Waals surface area contributed by atoms with Crippen LogP contribution in [0.2, 0.25) is 0 Å². The quantitative estimate of drug-likeness (QED) is 0.171. The van der Waals surface area contributed by atoms with Gasteiger partial charge in [0, 0.05) is 39.0 Å². The Hall–Kier alpha value is -9.26. The maximum Gasteiger partial charge on any atom is 0.0998 e. The van der Waals surface area contributed by atoms with Crippen LogP contribution in [0.4, 0.5) is 0 Å². The van der Waals surface area contributed by atoms with Gasteiger partial charge in [-0.15, -0.1) is 0 Å². The lowest BCUT2D eigenvalue weighted by molar-refractivity contribution is 1.14. The number of aromatic nitrogens is 3. The van der Waals surface area contributed by atoms with Crippen molar-refractivity contribution in [2.24, 2.45) is 0 Å². The maximum absolute atomic E-state index is 10.1. The molecule has 0 aliphatic heterocycles. The van der Waals surface area contributed by atoms with E-state index in [-0.39, 0.29) is 0 Å². The first kappa shape index (κ1) is 35.2. The summed E-state index contributed by atoms with van der Waals surface area (Å²) in [5, 5.41) is 53.0. The second-order valence-electron chi connectivity index (χ2n) is 14.4. The zero-order valence-corrected chi connectivity index (χ0v) is 31.6. The lowest BCUT2D eigenvalue weighted by Crippen LogP contribution is -2.00. The predicted octanol–water partition coefficient (Wildman–Crippen LogP) is 11.6. The first-order chi connectivity index (χ1) is 29.5. The second kappa shape index (κ2) is 14.0. The van der Waals surface area contributed by atoms with Crippen molar-refractivity contribution in [1.29, 1.82) is 26.3 Å². The Balaban J connectivity index is 1.15. The first-order valence-electron chi connectivity index (χ1n) is 19.0. The molecule has 0 atom stereocenters. The molecule has 274 valence electrons. The molecule has 3 heterocycles. The fraction of sp³-hybridized carbons (Fsp3) is 0. The van der Waals surface area contributed by atoms with Gasteiger partial charge in [0.2, 0.25) is 0 Å². The van der Waals surface area contributed by atoms with Gasteiger partial charge in [0.05, 0.1) is 91.6 Å². The summed E-state index contributed by atoms with van der Waals surface area (Å²) >= 11 is 0. The van der Waals surface area contributed by atoms with Crippen LogP contribution in [-0.2, 0) is 0 Å². The van der Waals surface area contributed by atoms with E-state index in [1.807, 2.05) is 72.8 Å². The molecule has 0 amide bonds. The van der Waals surface area contributed by atoms with Crippen molar-refractivity contribution < 1.29 is 0 Å². The predicted molar refractivity (Wildman–Crippen MR) is 233 cm³/mol. The summed E-state index contributed by atoms with van der Waals surface area (Å²) < 4.78 is 4.40. The van der Waals surface area contributed by atoms with E-state index in [1.54, 1.807) is 30.5 Å². The van der Waals surface area contributed by atoms with Gasteiger partial charge in [-0.2, -0.15) is 26.3 Å². The van der Waals surface area contributed by atoms with E-state index in [9.17, 15) is 26.3 Å². The molecule has 8 heteroatoms. The highest BCUT2D eigenvalue weighted by Crippen LogP contribution is 2.40. The van der Waals surface area contributed by atoms with Crippen molar-refractivity contribution in [2.75, 3.05) is 0 Å². The molecule has 60 heavy (non-hydrogen) atoms. The van der Waals surface area contributed by atoms with Gasteiger partial charge in [-0.3, -0.25) is 4.98 Å². The van der Waals surface area contributed by atoms with E-state index in [0.29, 0.717) is 33.5 Å². The van der Waals surface area contributed by atoms with E-state index in [0.717, 1.165) is 82.8 Å². The molecule has 8 nitrogen and oxygen atoms in total. The third kappa shape index (κ3) is 5.53. The molecular formula is C52H26N8. The molecule has 0 fully saturated rings. The average molecular weight is 763 g/mol. The van der Waals surface area contributed by atoms with Crippen LogP contribution in [0.5, 0.6) is 0 Å². The highest BCUT2D eigenvalue weighted by Gasteiger charge is 2.20.